The van der Waals surface area contributed by atoms with Crippen molar-refractivity contribution in [1.29, 1.82) is 0 Å². The summed E-state index contributed by atoms with van der Waals surface area (Å²) in [6.45, 7) is 3.13. The molecule has 2 aliphatic heterocycles. The van der Waals surface area contributed by atoms with Crippen LogP contribution in [0.5, 0.6) is 11.5 Å². The molecule has 1 saturated heterocycles. The van der Waals surface area contributed by atoms with Gasteiger partial charge in [-0.25, -0.2) is 0 Å². The van der Waals surface area contributed by atoms with E-state index < -0.39 is 5.72 Å². The van der Waals surface area contributed by atoms with Crippen molar-refractivity contribution < 1.29 is 24.0 Å². The van der Waals surface area contributed by atoms with Crippen molar-refractivity contribution in [3.8, 4) is 11.5 Å². The van der Waals surface area contributed by atoms with Crippen LogP contribution in [0.1, 0.15) is 37.2 Å². The standard InChI is InChI=1S/C19H26N2O5/c1-24-17-7-4-5-14-15(13-21(22)23)16-6-2-3-8-19(16,26-18(14)17)20-9-11-25-12-10-20/h4-5,7,15-16H,2-3,6,8-13H2,1H3/p+1/t15-,16-,19-/m1/s1. The Labute approximate surface area is 153 Å². The third kappa shape index (κ3) is 2.83. The van der Waals surface area contributed by atoms with Gasteiger partial charge in [0, 0.05) is 16.9 Å². The highest BCUT2D eigenvalue weighted by Gasteiger charge is 2.59. The first-order chi connectivity index (χ1) is 12.7. The van der Waals surface area contributed by atoms with E-state index >= 15 is 0 Å². The van der Waals surface area contributed by atoms with E-state index in [9.17, 15) is 10.1 Å². The number of morpholine rings is 1. The van der Waals surface area contributed by atoms with Gasteiger partial charge in [-0.1, -0.05) is 18.6 Å². The Kier molecular flexibility index (Phi) is 4.75. The molecule has 0 aromatic heterocycles. The fourth-order valence-electron chi connectivity index (χ4n) is 5.26. The van der Waals surface area contributed by atoms with Crippen LogP contribution in [0.2, 0.25) is 0 Å². The number of methoxy groups -OCH3 is 1. The topological polar surface area (TPSA) is 75.3 Å². The van der Waals surface area contributed by atoms with Crippen LogP contribution in [-0.4, -0.2) is 50.6 Å². The highest BCUT2D eigenvalue weighted by Crippen LogP contribution is 2.52. The van der Waals surface area contributed by atoms with E-state index in [0.29, 0.717) is 24.7 Å². The molecule has 3 atom stereocenters. The second kappa shape index (κ2) is 7.04. The number of ether oxygens (including phenoxy) is 3. The number of hydrogen-bond donors (Lipinski definition) is 1. The summed E-state index contributed by atoms with van der Waals surface area (Å²) in [6.07, 6.45) is 4.10. The fraction of sp³-hybridized carbons (Fsp3) is 0.684. The molecule has 1 aromatic carbocycles. The molecule has 7 heteroatoms. The van der Waals surface area contributed by atoms with E-state index in [1.54, 1.807) is 7.11 Å². The summed E-state index contributed by atoms with van der Waals surface area (Å²) in [5.74, 6) is 1.39. The Morgan fingerprint density at radius 3 is 2.88 bits per heavy atom. The normalized spacial score (nSPS) is 31.4. The Balaban J connectivity index is 1.83. The maximum absolute atomic E-state index is 11.5. The molecule has 4 rings (SSSR count). The smallest absolute Gasteiger partial charge is 0.245 e. The molecule has 0 unspecified atom stereocenters. The first-order valence-corrected chi connectivity index (χ1v) is 9.56. The number of hydrogen-bond acceptors (Lipinski definition) is 5. The molecular formula is C19H27N2O5+. The molecule has 0 amide bonds. The van der Waals surface area contributed by atoms with Crippen LogP contribution in [0.25, 0.3) is 0 Å². The van der Waals surface area contributed by atoms with Gasteiger partial charge in [-0.2, -0.15) is 0 Å². The molecule has 2 heterocycles. The van der Waals surface area contributed by atoms with Crippen molar-refractivity contribution in [2.75, 3.05) is 40.0 Å². The van der Waals surface area contributed by atoms with E-state index in [0.717, 1.165) is 44.3 Å². The van der Waals surface area contributed by atoms with E-state index in [-0.39, 0.29) is 23.3 Å². The zero-order chi connectivity index (χ0) is 18.1. The van der Waals surface area contributed by atoms with Gasteiger partial charge in [0.2, 0.25) is 12.3 Å². The van der Waals surface area contributed by atoms with Crippen LogP contribution in [0.15, 0.2) is 18.2 Å². The zero-order valence-electron chi connectivity index (χ0n) is 15.2. The van der Waals surface area contributed by atoms with Gasteiger partial charge in [-0.05, 0) is 18.9 Å². The highest BCUT2D eigenvalue weighted by atomic mass is 16.6. The Morgan fingerprint density at radius 1 is 1.35 bits per heavy atom. The molecular weight excluding hydrogens is 336 g/mol. The average molecular weight is 363 g/mol. The Morgan fingerprint density at radius 2 is 2.15 bits per heavy atom. The lowest BCUT2D eigenvalue weighted by molar-refractivity contribution is -0.988. The number of rotatable bonds is 4. The van der Waals surface area contributed by atoms with Crippen LogP contribution in [0, 0.1) is 16.0 Å². The van der Waals surface area contributed by atoms with Gasteiger partial charge < -0.3 is 14.2 Å². The molecule has 2 fully saturated rings. The lowest BCUT2D eigenvalue weighted by atomic mass is 9.68. The van der Waals surface area contributed by atoms with Crippen molar-refractivity contribution >= 4 is 0 Å². The molecule has 1 N–H and O–H groups in total. The molecule has 0 bridgehead atoms. The monoisotopic (exact) mass is 363 g/mol. The van der Waals surface area contributed by atoms with Crippen LogP contribution in [0.4, 0.5) is 0 Å². The number of benzene rings is 1. The van der Waals surface area contributed by atoms with E-state index in [1.165, 1.54) is 4.90 Å². The fourth-order valence-corrected chi connectivity index (χ4v) is 5.26. The Hall–Kier alpha value is -1.86. The predicted molar refractivity (Wildman–Crippen MR) is 94.4 cm³/mol. The van der Waals surface area contributed by atoms with E-state index in [1.807, 2.05) is 18.2 Å². The zero-order valence-corrected chi connectivity index (χ0v) is 15.2. The SMILES string of the molecule is COc1cccc2c1O[C@]1([NH+]3CCOCC3)CCCC[C@@H]1[C@@H]2C[N+](=O)[O-]. The highest BCUT2D eigenvalue weighted by molar-refractivity contribution is 5.50. The molecule has 0 radical (unpaired) electrons. The van der Waals surface area contributed by atoms with Gasteiger partial charge in [-0.3, -0.25) is 15.0 Å². The maximum atomic E-state index is 11.5. The van der Waals surface area contributed by atoms with Crippen molar-refractivity contribution in [2.24, 2.45) is 5.92 Å². The third-order valence-corrected chi connectivity index (χ3v) is 6.35. The second-order valence-corrected chi connectivity index (χ2v) is 7.56. The number of nitrogens with one attached hydrogen (secondary N) is 1. The van der Waals surface area contributed by atoms with Crippen LogP contribution < -0.4 is 14.4 Å². The van der Waals surface area contributed by atoms with Crippen molar-refractivity contribution in [3.05, 3.63) is 33.9 Å². The molecule has 3 aliphatic rings. The summed E-state index contributed by atoms with van der Waals surface area (Å²) in [7, 11) is 1.63. The summed E-state index contributed by atoms with van der Waals surface area (Å²) in [6, 6.07) is 5.76. The number of fused-ring (bicyclic) bond motifs is 2. The third-order valence-electron chi connectivity index (χ3n) is 6.35. The maximum Gasteiger partial charge on any atom is 0.245 e. The van der Waals surface area contributed by atoms with E-state index in [4.69, 9.17) is 14.2 Å². The molecule has 0 spiro atoms. The van der Waals surface area contributed by atoms with Gasteiger partial charge in [0.05, 0.1) is 32.2 Å². The number of nitro groups is 1. The molecule has 1 aromatic rings. The van der Waals surface area contributed by atoms with Gasteiger partial charge in [-0.15, -0.1) is 0 Å². The minimum Gasteiger partial charge on any atom is -0.493 e. The van der Waals surface area contributed by atoms with Crippen LogP contribution in [0.3, 0.4) is 0 Å². The molecule has 7 nitrogen and oxygen atoms in total. The first kappa shape index (κ1) is 17.5. The van der Waals surface area contributed by atoms with E-state index in [2.05, 4.69) is 0 Å². The average Bonchev–Trinajstić information content (AvgIpc) is 2.67. The number of para-hydroxylation sites is 1. The summed E-state index contributed by atoms with van der Waals surface area (Å²) >= 11 is 0. The number of quaternary nitrogens is 1. The largest absolute Gasteiger partial charge is 0.493 e. The van der Waals surface area contributed by atoms with Crippen LogP contribution >= 0.6 is 0 Å². The Bertz CT molecular complexity index is 676. The summed E-state index contributed by atoms with van der Waals surface area (Å²) in [4.78, 5) is 12.7. The minimum absolute atomic E-state index is 0.0558. The molecule has 142 valence electrons. The lowest BCUT2D eigenvalue weighted by Gasteiger charge is -2.53. The quantitative estimate of drug-likeness (QED) is 0.644. The van der Waals surface area contributed by atoms with Gasteiger partial charge >= 0.3 is 0 Å². The van der Waals surface area contributed by atoms with Gasteiger partial charge in [0.25, 0.3) is 0 Å². The molecule has 26 heavy (non-hydrogen) atoms. The molecule has 1 aliphatic carbocycles. The van der Waals surface area contributed by atoms with Crippen molar-refractivity contribution in [2.45, 2.75) is 37.3 Å². The number of nitrogens with zero attached hydrogens (tertiary/aromatic N) is 1. The van der Waals surface area contributed by atoms with Crippen LogP contribution in [-0.2, 0) is 4.74 Å². The summed E-state index contributed by atoms with van der Waals surface area (Å²) < 4.78 is 17.9. The second-order valence-electron chi connectivity index (χ2n) is 7.56. The first-order valence-electron chi connectivity index (χ1n) is 9.56. The van der Waals surface area contributed by atoms with Gasteiger partial charge in [0.15, 0.2) is 11.5 Å². The minimum atomic E-state index is -0.412. The van der Waals surface area contributed by atoms with Crippen molar-refractivity contribution in [3.63, 3.8) is 0 Å². The summed E-state index contributed by atoms with van der Waals surface area (Å²) in [5.41, 5.74) is 0.515. The predicted octanol–water partition coefficient (Wildman–Crippen LogP) is 1.25. The molecule has 1 saturated carbocycles. The lowest BCUT2D eigenvalue weighted by Crippen LogP contribution is -3.24. The van der Waals surface area contributed by atoms with Crippen molar-refractivity contribution in [1.82, 2.24) is 0 Å². The van der Waals surface area contributed by atoms with Gasteiger partial charge in [0.1, 0.15) is 13.1 Å². The summed E-state index contributed by atoms with van der Waals surface area (Å²) in [5, 5.41) is 11.5.